The molecule has 7 heteroatoms. The number of nitro benzene ring substituents is 1. The summed E-state index contributed by atoms with van der Waals surface area (Å²) in [5, 5.41) is 10.6. The van der Waals surface area contributed by atoms with E-state index < -0.39 is 23.2 Å². The van der Waals surface area contributed by atoms with E-state index in [2.05, 4.69) is 0 Å². The minimum absolute atomic E-state index is 0.130. The van der Waals surface area contributed by atoms with Gasteiger partial charge in [-0.25, -0.2) is 9.59 Å². The highest BCUT2D eigenvalue weighted by atomic mass is 16.7. The second-order valence-electron chi connectivity index (χ2n) is 4.53. The molecular weight excluding hydrogens is 290 g/mol. The zero-order valence-electron chi connectivity index (χ0n) is 11.1. The van der Waals surface area contributed by atoms with Gasteiger partial charge in [-0.15, -0.1) is 0 Å². The first-order valence-corrected chi connectivity index (χ1v) is 6.31. The molecule has 0 aromatic heterocycles. The number of nitro groups is 1. The number of hydrogen-bond donors (Lipinski definition) is 0. The molecule has 1 aliphatic rings. The van der Waals surface area contributed by atoms with Crippen LogP contribution in [0.5, 0.6) is 0 Å². The summed E-state index contributed by atoms with van der Waals surface area (Å²) >= 11 is 0. The van der Waals surface area contributed by atoms with Gasteiger partial charge in [0.25, 0.3) is 12.0 Å². The number of hydrogen-bond acceptors (Lipinski definition) is 6. The van der Waals surface area contributed by atoms with Crippen LogP contribution in [0.3, 0.4) is 0 Å². The van der Waals surface area contributed by atoms with E-state index in [9.17, 15) is 19.7 Å². The van der Waals surface area contributed by atoms with Gasteiger partial charge in [-0.3, -0.25) is 10.1 Å². The first kappa shape index (κ1) is 13.7. The molecule has 0 spiro atoms. The standard InChI is InChI=1S/C15H9NO6/c17-13(9-5-7-10(8-6-9)16(19)20)21-15-12-4-2-1-3-11(12)14(18)22-15/h1-8,15H/t15-/m0/s1. The predicted molar refractivity (Wildman–Crippen MR) is 73.1 cm³/mol. The zero-order chi connectivity index (χ0) is 15.7. The smallest absolute Gasteiger partial charge is 0.342 e. The van der Waals surface area contributed by atoms with E-state index >= 15 is 0 Å². The molecule has 2 aromatic rings. The van der Waals surface area contributed by atoms with E-state index in [1.54, 1.807) is 24.3 Å². The number of non-ortho nitro benzene ring substituents is 1. The monoisotopic (exact) mass is 299 g/mol. The summed E-state index contributed by atoms with van der Waals surface area (Å²) in [5.41, 5.74) is 0.826. The van der Waals surface area contributed by atoms with Gasteiger partial charge in [0.05, 0.1) is 16.1 Å². The first-order chi connectivity index (χ1) is 10.6. The lowest BCUT2D eigenvalue weighted by atomic mass is 10.1. The van der Waals surface area contributed by atoms with Crippen molar-refractivity contribution in [3.05, 3.63) is 75.3 Å². The number of ether oxygens (including phenoxy) is 2. The molecule has 110 valence electrons. The van der Waals surface area contributed by atoms with Crippen molar-refractivity contribution >= 4 is 17.6 Å². The number of benzene rings is 2. The fourth-order valence-corrected chi connectivity index (χ4v) is 2.08. The van der Waals surface area contributed by atoms with Gasteiger partial charge < -0.3 is 9.47 Å². The predicted octanol–water partition coefficient (Wildman–Crippen LogP) is 2.62. The Morgan fingerprint density at radius 2 is 1.82 bits per heavy atom. The van der Waals surface area contributed by atoms with Crippen LogP contribution in [0.25, 0.3) is 0 Å². The van der Waals surface area contributed by atoms with Gasteiger partial charge >= 0.3 is 11.9 Å². The van der Waals surface area contributed by atoms with Crippen LogP contribution < -0.4 is 0 Å². The van der Waals surface area contributed by atoms with Crippen LogP contribution in [-0.4, -0.2) is 16.9 Å². The Hall–Kier alpha value is -3.22. The summed E-state index contributed by atoms with van der Waals surface area (Å²) in [6.45, 7) is 0. The molecule has 0 saturated heterocycles. The van der Waals surface area contributed by atoms with Gasteiger partial charge in [-0.2, -0.15) is 0 Å². The first-order valence-electron chi connectivity index (χ1n) is 6.31. The number of esters is 2. The molecule has 3 rings (SSSR count). The zero-order valence-corrected chi connectivity index (χ0v) is 11.1. The summed E-state index contributed by atoms with van der Waals surface area (Å²) in [6.07, 6.45) is -1.11. The van der Waals surface area contributed by atoms with E-state index in [4.69, 9.17) is 9.47 Å². The van der Waals surface area contributed by atoms with Crippen molar-refractivity contribution in [2.75, 3.05) is 0 Å². The molecule has 0 fully saturated rings. The van der Waals surface area contributed by atoms with Crippen molar-refractivity contribution in [1.29, 1.82) is 0 Å². The van der Waals surface area contributed by atoms with Crippen molar-refractivity contribution in [3.8, 4) is 0 Å². The third kappa shape index (κ3) is 2.39. The number of carbonyl (C=O) groups excluding carboxylic acids is 2. The third-order valence-electron chi connectivity index (χ3n) is 3.18. The molecule has 0 unspecified atom stereocenters. The fraction of sp³-hybridized carbons (Fsp3) is 0.0667. The average Bonchev–Trinajstić information content (AvgIpc) is 2.84. The molecule has 0 saturated carbocycles. The third-order valence-corrected chi connectivity index (χ3v) is 3.18. The van der Waals surface area contributed by atoms with Crippen molar-refractivity contribution in [3.63, 3.8) is 0 Å². The van der Waals surface area contributed by atoms with Crippen LogP contribution in [0, 0.1) is 10.1 Å². The van der Waals surface area contributed by atoms with Crippen LogP contribution >= 0.6 is 0 Å². The van der Waals surface area contributed by atoms with Gasteiger partial charge in [0, 0.05) is 17.7 Å². The highest BCUT2D eigenvalue weighted by Crippen LogP contribution is 2.31. The maximum absolute atomic E-state index is 12.0. The molecule has 0 bridgehead atoms. The van der Waals surface area contributed by atoms with Crippen LogP contribution in [0.15, 0.2) is 48.5 Å². The number of fused-ring (bicyclic) bond motifs is 1. The topological polar surface area (TPSA) is 95.7 Å². The molecular formula is C15H9NO6. The van der Waals surface area contributed by atoms with Gasteiger partial charge in [0.2, 0.25) is 0 Å². The fourth-order valence-electron chi connectivity index (χ4n) is 2.08. The molecule has 1 aliphatic heterocycles. The average molecular weight is 299 g/mol. The minimum Gasteiger partial charge on any atom is -0.417 e. The van der Waals surface area contributed by atoms with Gasteiger partial charge in [-0.05, 0) is 18.2 Å². The van der Waals surface area contributed by atoms with Crippen LogP contribution in [0.2, 0.25) is 0 Å². The maximum atomic E-state index is 12.0. The number of cyclic esters (lactones) is 1. The van der Waals surface area contributed by atoms with Gasteiger partial charge in [0.15, 0.2) is 0 Å². The minimum atomic E-state index is -1.11. The van der Waals surface area contributed by atoms with Gasteiger partial charge in [0.1, 0.15) is 0 Å². The van der Waals surface area contributed by atoms with E-state index in [1.807, 2.05) is 0 Å². The normalized spacial score (nSPS) is 15.8. The largest absolute Gasteiger partial charge is 0.417 e. The summed E-state index contributed by atoms with van der Waals surface area (Å²) in [5.74, 6) is -1.29. The molecule has 1 heterocycles. The highest BCUT2D eigenvalue weighted by molar-refractivity contribution is 5.95. The van der Waals surface area contributed by atoms with Crippen LogP contribution in [0.1, 0.15) is 32.6 Å². The molecule has 0 radical (unpaired) electrons. The lowest BCUT2D eigenvalue weighted by Crippen LogP contribution is -2.11. The number of carbonyl (C=O) groups is 2. The Labute approximate surface area is 124 Å². The van der Waals surface area contributed by atoms with Crippen molar-refractivity contribution in [1.82, 2.24) is 0 Å². The van der Waals surface area contributed by atoms with Crippen LogP contribution in [-0.2, 0) is 9.47 Å². The van der Waals surface area contributed by atoms with Crippen LogP contribution in [0.4, 0.5) is 5.69 Å². The molecule has 1 atom stereocenters. The van der Waals surface area contributed by atoms with Crippen molar-refractivity contribution in [2.24, 2.45) is 0 Å². The Balaban J connectivity index is 1.78. The summed E-state index contributed by atoms with van der Waals surface area (Å²) in [4.78, 5) is 33.6. The Morgan fingerprint density at radius 1 is 1.14 bits per heavy atom. The van der Waals surface area contributed by atoms with Crippen molar-refractivity contribution in [2.45, 2.75) is 6.29 Å². The lowest BCUT2D eigenvalue weighted by molar-refractivity contribution is -0.384. The summed E-state index contributed by atoms with van der Waals surface area (Å²) in [6, 6.07) is 11.6. The molecule has 22 heavy (non-hydrogen) atoms. The van der Waals surface area contributed by atoms with E-state index in [0.29, 0.717) is 11.1 Å². The summed E-state index contributed by atoms with van der Waals surface area (Å²) in [7, 11) is 0. The molecule has 0 aliphatic carbocycles. The number of rotatable bonds is 3. The molecule has 7 nitrogen and oxygen atoms in total. The SMILES string of the molecule is O=C(O[C@H]1OC(=O)c2ccccc21)c1ccc([N+](=O)[O-])cc1. The number of nitrogens with zero attached hydrogens (tertiary/aromatic N) is 1. The Morgan fingerprint density at radius 3 is 2.50 bits per heavy atom. The summed E-state index contributed by atoms with van der Waals surface area (Å²) < 4.78 is 10.1. The lowest BCUT2D eigenvalue weighted by Gasteiger charge is -2.11. The Bertz CT molecular complexity index is 768. The quantitative estimate of drug-likeness (QED) is 0.491. The van der Waals surface area contributed by atoms with Gasteiger partial charge in [-0.1, -0.05) is 18.2 Å². The molecule has 0 N–H and O–H groups in total. The van der Waals surface area contributed by atoms with E-state index in [1.165, 1.54) is 24.3 Å². The maximum Gasteiger partial charge on any atom is 0.342 e. The molecule has 2 aromatic carbocycles. The molecule has 0 amide bonds. The highest BCUT2D eigenvalue weighted by Gasteiger charge is 2.33. The van der Waals surface area contributed by atoms with E-state index in [0.717, 1.165) is 0 Å². The Kier molecular flexibility index (Phi) is 3.30. The second kappa shape index (κ2) is 5.28. The van der Waals surface area contributed by atoms with Crippen molar-refractivity contribution < 1.29 is 24.0 Å². The van der Waals surface area contributed by atoms with E-state index in [-0.39, 0.29) is 11.3 Å². The second-order valence-corrected chi connectivity index (χ2v) is 4.53.